The molecule has 2 atom stereocenters. The van der Waals surface area contributed by atoms with Gasteiger partial charge >= 0.3 is 5.97 Å². The summed E-state index contributed by atoms with van der Waals surface area (Å²) in [6, 6.07) is 10.0. The van der Waals surface area contributed by atoms with Crippen molar-refractivity contribution in [3.05, 3.63) is 81.6 Å². The third-order valence-electron chi connectivity index (χ3n) is 7.35. The Labute approximate surface area is 240 Å². The Balaban J connectivity index is 1.46. The third kappa shape index (κ3) is 5.79. The average molecular weight is 584 g/mol. The second-order valence-corrected chi connectivity index (χ2v) is 11.0. The van der Waals surface area contributed by atoms with E-state index in [4.69, 9.17) is 28.2 Å². The highest BCUT2D eigenvalue weighted by atomic mass is 35.5. The van der Waals surface area contributed by atoms with Gasteiger partial charge in [0.15, 0.2) is 11.6 Å². The van der Waals surface area contributed by atoms with Crippen molar-refractivity contribution in [3.63, 3.8) is 0 Å². The monoisotopic (exact) mass is 583 g/mol. The molecule has 1 aliphatic rings. The molecule has 0 radical (unpaired) electrons. The van der Waals surface area contributed by atoms with Crippen LogP contribution in [-0.4, -0.2) is 53.7 Å². The van der Waals surface area contributed by atoms with Crippen LogP contribution < -0.4 is 5.32 Å². The highest BCUT2D eigenvalue weighted by Crippen LogP contribution is 2.42. The number of aromatic amines is 1. The molecule has 4 aromatic rings. The summed E-state index contributed by atoms with van der Waals surface area (Å²) in [7, 11) is 0. The van der Waals surface area contributed by atoms with Gasteiger partial charge in [0.1, 0.15) is 11.6 Å². The number of aliphatic carboxylic acids is 1. The summed E-state index contributed by atoms with van der Waals surface area (Å²) >= 11 is 12.8. The lowest BCUT2D eigenvalue weighted by Gasteiger charge is -2.43. The first-order chi connectivity index (χ1) is 19.1. The van der Waals surface area contributed by atoms with E-state index >= 15 is 0 Å². The first kappa shape index (κ1) is 27.9. The Morgan fingerprint density at radius 3 is 2.67 bits per heavy atom. The van der Waals surface area contributed by atoms with Gasteiger partial charge in [-0.25, -0.2) is 19.3 Å². The predicted octanol–water partition coefficient (Wildman–Crippen LogP) is 6.06. The van der Waals surface area contributed by atoms with E-state index in [9.17, 15) is 14.3 Å². The fourth-order valence-electron chi connectivity index (χ4n) is 5.23. The lowest BCUT2D eigenvalue weighted by molar-refractivity contribution is -0.153. The van der Waals surface area contributed by atoms with Gasteiger partial charge in [-0.3, -0.25) is 14.8 Å². The molecule has 9 nitrogen and oxygen atoms in total. The van der Waals surface area contributed by atoms with Gasteiger partial charge in [-0.2, -0.15) is 5.10 Å². The molecule has 0 unspecified atom stereocenters. The second kappa shape index (κ2) is 11.5. The van der Waals surface area contributed by atoms with Crippen molar-refractivity contribution in [1.29, 1.82) is 0 Å². The Morgan fingerprint density at radius 2 is 2.00 bits per heavy atom. The summed E-state index contributed by atoms with van der Waals surface area (Å²) in [5.41, 5.74) is 1.17. The average Bonchev–Trinajstić information content (AvgIpc) is 3.34. The van der Waals surface area contributed by atoms with E-state index in [1.165, 1.54) is 6.07 Å². The molecule has 1 fully saturated rings. The number of nitrogens with one attached hydrogen (secondary N) is 2. The van der Waals surface area contributed by atoms with Crippen molar-refractivity contribution in [2.45, 2.75) is 45.7 Å². The van der Waals surface area contributed by atoms with E-state index < -0.39 is 17.2 Å². The number of rotatable bonds is 8. The lowest BCUT2D eigenvalue weighted by Crippen LogP contribution is -2.49. The summed E-state index contributed by atoms with van der Waals surface area (Å²) in [5, 5.41) is 21.1. The smallest absolute Gasteiger partial charge is 0.310 e. The van der Waals surface area contributed by atoms with Gasteiger partial charge in [0, 0.05) is 54.3 Å². The molecule has 3 aromatic heterocycles. The number of hydrogen-bond acceptors (Lipinski definition) is 7. The van der Waals surface area contributed by atoms with Crippen LogP contribution in [0.15, 0.2) is 48.8 Å². The van der Waals surface area contributed by atoms with Crippen molar-refractivity contribution in [1.82, 2.24) is 30.0 Å². The second-order valence-electron chi connectivity index (χ2n) is 10.2. The van der Waals surface area contributed by atoms with Crippen LogP contribution in [-0.2, 0) is 17.8 Å². The van der Waals surface area contributed by atoms with Crippen molar-refractivity contribution in [3.8, 4) is 11.4 Å². The molecule has 4 heterocycles. The third-order valence-corrected chi connectivity index (χ3v) is 8.06. The minimum Gasteiger partial charge on any atom is -0.481 e. The topological polar surface area (TPSA) is 120 Å². The van der Waals surface area contributed by atoms with Gasteiger partial charge < -0.3 is 10.4 Å². The number of carbonyl (C=O) groups is 1. The molecule has 3 N–H and O–H groups in total. The fraction of sp³-hybridized carbons (Fsp3) is 0.321. The molecule has 1 aliphatic heterocycles. The minimum absolute atomic E-state index is 0.0689. The van der Waals surface area contributed by atoms with Gasteiger partial charge in [-0.1, -0.05) is 35.3 Å². The summed E-state index contributed by atoms with van der Waals surface area (Å²) < 4.78 is 14.6. The number of likely N-dealkylation sites (tertiary alicyclic amines) is 1. The van der Waals surface area contributed by atoms with Gasteiger partial charge in [-0.05, 0) is 51.4 Å². The van der Waals surface area contributed by atoms with Crippen molar-refractivity contribution in [2.75, 3.05) is 11.9 Å². The number of aryl methyl sites for hydroxylation is 1. The largest absolute Gasteiger partial charge is 0.481 e. The van der Waals surface area contributed by atoms with Crippen LogP contribution in [0.2, 0.25) is 10.0 Å². The van der Waals surface area contributed by atoms with Crippen LogP contribution in [0.1, 0.15) is 36.7 Å². The zero-order chi connectivity index (χ0) is 28.4. The van der Waals surface area contributed by atoms with Crippen LogP contribution in [0.5, 0.6) is 0 Å². The number of halogens is 3. The van der Waals surface area contributed by atoms with Crippen LogP contribution in [0.25, 0.3) is 11.4 Å². The SMILES string of the molecule is Cc1cc(Nc2cc(-c3ncccn3)c(Cl)c(C[C@@]3(C(=O)O)CCN(Cc4cccc(Cl)c4F)[C@H](C)C3)n2)n[nH]1. The first-order valence-electron chi connectivity index (χ1n) is 12.8. The zero-order valence-electron chi connectivity index (χ0n) is 22.0. The number of carboxylic acid groups (broad SMARTS) is 1. The molecule has 0 spiro atoms. The van der Waals surface area contributed by atoms with E-state index in [1.54, 1.807) is 36.7 Å². The normalized spacial score (nSPS) is 19.5. The number of piperidine rings is 1. The molecule has 40 heavy (non-hydrogen) atoms. The lowest BCUT2D eigenvalue weighted by atomic mass is 9.72. The highest BCUT2D eigenvalue weighted by Gasteiger charge is 2.45. The van der Waals surface area contributed by atoms with Crippen molar-refractivity contribution >= 4 is 40.8 Å². The molecule has 0 aliphatic carbocycles. The maximum Gasteiger partial charge on any atom is 0.310 e. The van der Waals surface area contributed by atoms with E-state index in [0.717, 1.165) is 5.69 Å². The molecule has 5 rings (SSSR count). The van der Waals surface area contributed by atoms with Crippen LogP contribution in [0, 0.1) is 18.2 Å². The number of pyridine rings is 1. The standard InChI is InChI=1S/C28H28Cl2FN7O2/c1-16-11-23(37-36-16)35-22-12-19(26-32-8-4-9-33-26)24(30)21(34-22)14-28(27(39)40)7-10-38(17(2)13-28)15-18-5-3-6-20(29)25(18)31/h3-6,8-9,11-12,17H,7,10,13-15H2,1-2H3,(H,39,40)(H2,34,35,36,37)/t17-,28-/m1/s1. The molecule has 208 valence electrons. The van der Waals surface area contributed by atoms with Crippen LogP contribution >= 0.6 is 23.2 Å². The Hall–Kier alpha value is -3.60. The number of benzene rings is 1. The predicted molar refractivity (Wildman–Crippen MR) is 151 cm³/mol. The number of nitrogens with zero attached hydrogens (tertiary/aromatic N) is 5. The molecular formula is C28H28Cl2FN7O2. The van der Waals surface area contributed by atoms with Crippen LogP contribution in [0.4, 0.5) is 16.0 Å². The number of carboxylic acids is 1. The first-order valence-corrected chi connectivity index (χ1v) is 13.6. The summed E-state index contributed by atoms with van der Waals surface area (Å²) in [6.45, 7) is 4.62. The maximum atomic E-state index is 14.6. The quantitative estimate of drug-likeness (QED) is 0.229. The zero-order valence-corrected chi connectivity index (χ0v) is 23.5. The maximum absolute atomic E-state index is 14.6. The fourth-order valence-corrected chi connectivity index (χ4v) is 5.67. The molecule has 1 aromatic carbocycles. The Bertz CT molecular complexity index is 1530. The van der Waals surface area contributed by atoms with E-state index in [-0.39, 0.29) is 17.5 Å². The van der Waals surface area contributed by atoms with Crippen molar-refractivity contribution in [2.24, 2.45) is 5.41 Å². The van der Waals surface area contributed by atoms with Gasteiger partial charge in [0.25, 0.3) is 0 Å². The number of hydrogen-bond donors (Lipinski definition) is 3. The molecule has 1 saturated heterocycles. The van der Waals surface area contributed by atoms with Crippen LogP contribution in [0.3, 0.4) is 0 Å². The number of aromatic nitrogens is 5. The Kier molecular flexibility index (Phi) is 8.02. The summed E-state index contributed by atoms with van der Waals surface area (Å²) in [6.07, 6.45) is 3.99. The van der Waals surface area contributed by atoms with E-state index in [1.807, 2.05) is 19.9 Å². The van der Waals surface area contributed by atoms with E-state index in [2.05, 4.69) is 30.4 Å². The molecule has 0 amide bonds. The number of H-pyrrole nitrogens is 1. The summed E-state index contributed by atoms with van der Waals surface area (Å²) in [4.78, 5) is 28.3. The Morgan fingerprint density at radius 1 is 1.23 bits per heavy atom. The molecule has 0 saturated carbocycles. The van der Waals surface area contributed by atoms with E-state index in [0.29, 0.717) is 65.2 Å². The molecule has 0 bridgehead atoms. The number of anilines is 2. The molecule has 12 heteroatoms. The highest BCUT2D eigenvalue weighted by molar-refractivity contribution is 6.34. The van der Waals surface area contributed by atoms with Gasteiger partial charge in [0.2, 0.25) is 0 Å². The van der Waals surface area contributed by atoms with Gasteiger partial charge in [-0.15, -0.1) is 0 Å². The van der Waals surface area contributed by atoms with Crippen molar-refractivity contribution < 1.29 is 14.3 Å². The summed E-state index contributed by atoms with van der Waals surface area (Å²) in [5.74, 6) is 0.0183. The van der Waals surface area contributed by atoms with Gasteiger partial charge in [0.05, 0.1) is 21.2 Å². The minimum atomic E-state index is -1.13. The molecular weight excluding hydrogens is 556 g/mol.